The molecule has 0 aliphatic carbocycles. The number of halogens is 1. The summed E-state index contributed by atoms with van der Waals surface area (Å²) in [4.78, 5) is 0.0790. The summed E-state index contributed by atoms with van der Waals surface area (Å²) < 4.78 is 40.5. The number of terminal acetylenes is 1. The third-order valence-corrected chi connectivity index (χ3v) is 4.87. The van der Waals surface area contributed by atoms with Crippen molar-refractivity contribution in [2.24, 2.45) is 0 Å². The molecule has 0 aliphatic rings. The molecule has 1 aromatic rings. The van der Waals surface area contributed by atoms with Gasteiger partial charge in [0, 0.05) is 18.7 Å². The molecule has 0 amide bonds. The Balaban J connectivity index is 3.33. The minimum atomic E-state index is -3.71. The van der Waals surface area contributed by atoms with Crippen molar-refractivity contribution in [2.75, 3.05) is 20.1 Å². The topological polar surface area (TPSA) is 49.4 Å². The quantitative estimate of drug-likeness (QED) is 0.782. The molecule has 0 fully saturated rings. The van der Waals surface area contributed by atoms with Gasteiger partial charge in [-0.05, 0) is 38.1 Å². The van der Waals surface area contributed by atoms with Gasteiger partial charge in [-0.25, -0.2) is 12.8 Å². The van der Waals surface area contributed by atoms with Crippen LogP contribution in [-0.4, -0.2) is 32.9 Å². The van der Waals surface area contributed by atoms with E-state index in [-0.39, 0.29) is 23.8 Å². The smallest absolute Gasteiger partial charge is 0.243 e. The SMILES string of the molecule is C#CCN(CCC)S(=O)(=O)c1cc(C)c(F)c(CNC)c1. The summed E-state index contributed by atoms with van der Waals surface area (Å²) in [6.45, 7) is 4.04. The second-order valence-electron chi connectivity index (χ2n) is 4.79. The number of benzene rings is 1. The average molecular weight is 312 g/mol. The molecule has 116 valence electrons. The zero-order valence-electron chi connectivity index (χ0n) is 12.6. The Morgan fingerprint density at radius 2 is 2.10 bits per heavy atom. The van der Waals surface area contributed by atoms with E-state index in [9.17, 15) is 12.8 Å². The van der Waals surface area contributed by atoms with Crippen molar-refractivity contribution in [1.82, 2.24) is 9.62 Å². The Labute approximate surface area is 126 Å². The molecule has 0 radical (unpaired) electrons. The molecule has 1 rings (SSSR count). The molecule has 6 heteroatoms. The molecule has 21 heavy (non-hydrogen) atoms. The van der Waals surface area contributed by atoms with Gasteiger partial charge in [-0.2, -0.15) is 4.31 Å². The monoisotopic (exact) mass is 312 g/mol. The van der Waals surface area contributed by atoms with Gasteiger partial charge in [-0.15, -0.1) is 6.42 Å². The van der Waals surface area contributed by atoms with Gasteiger partial charge in [0.2, 0.25) is 10.0 Å². The first-order valence-corrected chi connectivity index (χ1v) is 8.19. The predicted molar refractivity (Wildman–Crippen MR) is 81.8 cm³/mol. The van der Waals surface area contributed by atoms with Gasteiger partial charge in [0.05, 0.1) is 11.4 Å². The Kier molecular flexibility index (Phi) is 6.34. The number of nitrogens with zero attached hydrogens (tertiary/aromatic N) is 1. The molecule has 0 unspecified atom stereocenters. The maximum absolute atomic E-state index is 14.0. The van der Waals surface area contributed by atoms with Crippen LogP contribution in [0.5, 0.6) is 0 Å². The molecule has 0 spiro atoms. The second-order valence-corrected chi connectivity index (χ2v) is 6.72. The van der Waals surface area contributed by atoms with Crippen molar-refractivity contribution in [3.05, 3.63) is 29.1 Å². The standard InChI is InChI=1S/C15H21FN2O2S/c1-5-7-18(8-6-2)21(19,20)14-9-12(3)15(16)13(10-14)11-17-4/h1,9-10,17H,6-8,11H2,2-4H3. The van der Waals surface area contributed by atoms with Crippen molar-refractivity contribution in [3.63, 3.8) is 0 Å². The third kappa shape index (κ3) is 4.03. The van der Waals surface area contributed by atoms with Crippen molar-refractivity contribution < 1.29 is 12.8 Å². The van der Waals surface area contributed by atoms with Crippen molar-refractivity contribution >= 4 is 10.0 Å². The summed E-state index contributed by atoms with van der Waals surface area (Å²) >= 11 is 0. The highest BCUT2D eigenvalue weighted by molar-refractivity contribution is 7.89. The first-order chi connectivity index (χ1) is 9.88. The lowest BCUT2D eigenvalue weighted by Crippen LogP contribution is -2.32. The van der Waals surface area contributed by atoms with Crippen molar-refractivity contribution in [2.45, 2.75) is 31.7 Å². The highest BCUT2D eigenvalue weighted by Crippen LogP contribution is 2.22. The number of aryl methyl sites for hydroxylation is 1. The lowest BCUT2D eigenvalue weighted by atomic mass is 10.1. The molecular weight excluding hydrogens is 291 g/mol. The van der Waals surface area contributed by atoms with E-state index in [1.165, 1.54) is 16.4 Å². The number of rotatable bonds is 7. The molecule has 0 bridgehead atoms. The minimum Gasteiger partial charge on any atom is -0.316 e. The highest BCUT2D eigenvalue weighted by atomic mass is 32.2. The molecule has 0 aromatic heterocycles. The van der Waals surface area contributed by atoms with Crippen LogP contribution in [0.4, 0.5) is 4.39 Å². The van der Waals surface area contributed by atoms with Crippen LogP contribution < -0.4 is 5.32 Å². The first kappa shape index (κ1) is 17.6. The van der Waals surface area contributed by atoms with Crippen LogP contribution in [0.25, 0.3) is 0 Å². The highest BCUT2D eigenvalue weighted by Gasteiger charge is 2.24. The Morgan fingerprint density at radius 3 is 2.62 bits per heavy atom. The second kappa shape index (κ2) is 7.55. The van der Waals surface area contributed by atoms with Crippen LogP contribution in [0.2, 0.25) is 0 Å². The summed E-state index contributed by atoms with van der Waals surface area (Å²) in [6.07, 6.45) is 5.90. The van der Waals surface area contributed by atoms with E-state index >= 15 is 0 Å². The van der Waals surface area contributed by atoms with Crippen LogP contribution in [0.15, 0.2) is 17.0 Å². The first-order valence-electron chi connectivity index (χ1n) is 6.75. The molecule has 0 saturated carbocycles. The number of sulfonamides is 1. The van der Waals surface area contributed by atoms with E-state index in [4.69, 9.17) is 6.42 Å². The fourth-order valence-electron chi connectivity index (χ4n) is 2.06. The summed E-state index contributed by atoms with van der Waals surface area (Å²) in [5.41, 5.74) is 0.631. The van der Waals surface area contributed by atoms with E-state index < -0.39 is 10.0 Å². The van der Waals surface area contributed by atoms with Crippen LogP contribution in [0, 0.1) is 25.1 Å². The third-order valence-electron chi connectivity index (χ3n) is 3.05. The zero-order chi connectivity index (χ0) is 16.0. The molecule has 1 aromatic carbocycles. The van der Waals surface area contributed by atoms with Crippen LogP contribution in [-0.2, 0) is 16.6 Å². The van der Waals surface area contributed by atoms with E-state index in [0.717, 1.165) is 0 Å². The fraction of sp³-hybridized carbons (Fsp3) is 0.467. The van der Waals surface area contributed by atoms with Crippen molar-refractivity contribution in [3.8, 4) is 12.3 Å². The van der Waals surface area contributed by atoms with Gasteiger partial charge in [0.15, 0.2) is 0 Å². The van der Waals surface area contributed by atoms with Crippen molar-refractivity contribution in [1.29, 1.82) is 0 Å². The van der Waals surface area contributed by atoms with Crippen LogP contribution in [0.1, 0.15) is 24.5 Å². The van der Waals surface area contributed by atoms with E-state index in [2.05, 4.69) is 11.2 Å². The Hall–Kier alpha value is -1.42. The maximum atomic E-state index is 14.0. The summed E-state index contributed by atoms with van der Waals surface area (Å²) in [5.74, 6) is 1.97. The Morgan fingerprint density at radius 1 is 1.43 bits per heavy atom. The molecule has 4 nitrogen and oxygen atoms in total. The summed E-state index contributed by atoms with van der Waals surface area (Å²) in [7, 11) is -2.03. The number of hydrogen-bond donors (Lipinski definition) is 1. The normalized spacial score (nSPS) is 11.6. The summed E-state index contributed by atoms with van der Waals surface area (Å²) in [6, 6.07) is 2.72. The largest absolute Gasteiger partial charge is 0.316 e. The number of hydrogen-bond acceptors (Lipinski definition) is 3. The van der Waals surface area contributed by atoms with Gasteiger partial charge in [-0.1, -0.05) is 12.8 Å². The number of nitrogens with one attached hydrogen (secondary N) is 1. The van der Waals surface area contributed by atoms with Gasteiger partial charge in [0.1, 0.15) is 5.82 Å². The van der Waals surface area contributed by atoms with E-state index in [0.29, 0.717) is 24.1 Å². The fourth-order valence-corrected chi connectivity index (χ4v) is 3.64. The van der Waals surface area contributed by atoms with Crippen LogP contribution >= 0.6 is 0 Å². The Bertz CT molecular complexity index is 636. The molecule has 0 atom stereocenters. The lowest BCUT2D eigenvalue weighted by molar-refractivity contribution is 0.445. The van der Waals surface area contributed by atoms with Gasteiger partial charge < -0.3 is 5.32 Å². The maximum Gasteiger partial charge on any atom is 0.243 e. The molecular formula is C15H21FN2O2S. The average Bonchev–Trinajstić information content (AvgIpc) is 2.43. The molecule has 0 aliphatic heterocycles. The van der Waals surface area contributed by atoms with Gasteiger partial charge in [0.25, 0.3) is 0 Å². The van der Waals surface area contributed by atoms with Gasteiger partial charge >= 0.3 is 0 Å². The van der Waals surface area contributed by atoms with E-state index in [1.807, 2.05) is 6.92 Å². The van der Waals surface area contributed by atoms with Crippen LogP contribution in [0.3, 0.4) is 0 Å². The van der Waals surface area contributed by atoms with Gasteiger partial charge in [-0.3, -0.25) is 0 Å². The predicted octanol–water partition coefficient (Wildman–Crippen LogP) is 1.89. The lowest BCUT2D eigenvalue weighted by Gasteiger charge is -2.20. The van der Waals surface area contributed by atoms with E-state index in [1.54, 1.807) is 14.0 Å². The zero-order valence-corrected chi connectivity index (χ0v) is 13.4. The molecule has 1 N–H and O–H groups in total. The molecule has 0 saturated heterocycles. The minimum absolute atomic E-state index is 0.00790. The summed E-state index contributed by atoms with van der Waals surface area (Å²) in [5, 5.41) is 2.83. The molecule has 0 heterocycles.